The summed E-state index contributed by atoms with van der Waals surface area (Å²) < 4.78 is 43.5. The minimum Gasteiger partial charge on any atom is -0.439 e. The van der Waals surface area contributed by atoms with Crippen molar-refractivity contribution in [3.8, 4) is 11.6 Å². The minimum absolute atomic E-state index is 0.226. The second-order valence-corrected chi connectivity index (χ2v) is 5.25. The number of pyridine rings is 1. The molecule has 0 spiro atoms. The van der Waals surface area contributed by atoms with Crippen LogP contribution in [0.1, 0.15) is 16.7 Å². The molecule has 0 aliphatic heterocycles. The molecule has 1 aromatic carbocycles. The predicted molar refractivity (Wildman–Crippen MR) is 75.2 cm³/mol. The average molecular weight is 336 g/mol. The van der Waals surface area contributed by atoms with E-state index in [4.69, 9.17) is 27.9 Å². The van der Waals surface area contributed by atoms with Crippen LogP contribution in [0.5, 0.6) is 11.6 Å². The second kappa shape index (κ2) is 5.73. The van der Waals surface area contributed by atoms with Gasteiger partial charge in [0.1, 0.15) is 10.9 Å². The summed E-state index contributed by atoms with van der Waals surface area (Å²) in [5, 5.41) is 0.291. The largest absolute Gasteiger partial charge is 0.439 e. The van der Waals surface area contributed by atoms with E-state index in [9.17, 15) is 13.2 Å². The van der Waals surface area contributed by atoms with E-state index in [2.05, 4.69) is 4.98 Å². The van der Waals surface area contributed by atoms with Crippen LogP contribution in [0.4, 0.5) is 13.2 Å². The maximum Gasteiger partial charge on any atom is 0.416 e. The van der Waals surface area contributed by atoms with E-state index >= 15 is 0 Å². The monoisotopic (exact) mass is 335 g/mol. The smallest absolute Gasteiger partial charge is 0.416 e. The fourth-order valence-corrected chi connectivity index (χ4v) is 2.08. The van der Waals surface area contributed by atoms with E-state index in [0.29, 0.717) is 10.8 Å². The Bertz CT molecular complexity index is 663. The third kappa shape index (κ3) is 3.80. The van der Waals surface area contributed by atoms with E-state index in [1.807, 2.05) is 0 Å². The van der Waals surface area contributed by atoms with Gasteiger partial charge in [-0.3, -0.25) is 0 Å². The maximum atomic E-state index is 12.7. The molecule has 0 saturated heterocycles. The molecule has 0 atom stereocenters. The third-order valence-electron chi connectivity index (χ3n) is 2.73. The number of alkyl halides is 3. The van der Waals surface area contributed by atoms with Gasteiger partial charge in [0.25, 0.3) is 0 Å². The average Bonchev–Trinajstić information content (AvgIpc) is 2.34. The summed E-state index contributed by atoms with van der Waals surface area (Å²) in [5.41, 5.74) is 0.592. The van der Waals surface area contributed by atoms with Gasteiger partial charge in [-0.2, -0.15) is 13.2 Å². The standard InChI is InChI=1S/C14H10Cl2F3NO/c1-7-3-10(4-8(2)13(7)16)21-12-6-9(14(17,18)19)5-11(15)20-12/h3-6H,1-2H3. The molecule has 0 aliphatic carbocycles. The molecular weight excluding hydrogens is 326 g/mol. The Balaban J connectivity index is 2.38. The Kier molecular flexibility index (Phi) is 4.35. The molecule has 1 aromatic heterocycles. The second-order valence-electron chi connectivity index (χ2n) is 4.49. The quantitative estimate of drug-likeness (QED) is 0.645. The summed E-state index contributed by atoms with van der Waals surface area (Å²) >= 11 is 11.6. The molecule has 0 unspecified atom stereocenters. The number of rotatable bonds is 2. The van der Waals surface area contributed by atoms with Gasteiger partial charge in [0.2, 0.25) is 5.88 Å². The van der Waals surface area contributed by atoms with Crippen LogP contribution >= 0.6 is 23.2 Å². The summed E-state index contributed by atoms with van der Waals surface area (Å²) in [4.78, 5) is 3.73. The van der Waals surface area contributed by atoms with Crippen molar-refractivity contribution in [1.82, 2.24) is 4.98 Å². The normalized spacial score (nSPS) is 11.6. The molecule has 2 nitrogen and oxygen atoms in total. The Morgan fingerprint density at radius 2 is 1.57 bits per heavy atom. The van der Waals surface area contributed by atoms with Crippen molar-refractivity contribution in [2.45, 2.75) is 20.0 Å². The van der Waals surface area contributed by atoms with E-state index in [1.54, 1.807) is 26.0 Å². The number of halogens is 5. The van der Waals surface area contributed by atoms with Crippen LogP contribution in [0.2, 0.25) is 10.2 Å². The Morgan fingerprint density at radius 3 is 2.10 bits per heavy atom. The SMILES string of the molecule is Cc1cc(Oc2cc(C(F)(F)F)cc(Cl)n2)cc(C)c1Cl. The molecular formula is C14H10Cl2F3NO. The highest BCUT2D eigenvalue weighted by Crippen LogP contribution is 2.34. The van der Waals surface area contributed by atoms with Crippen LogP contribution in [0.15, 0.2) is 24.3 Å². The van der Waals surface area contributed by atoms with E-state index in [-0.39, 0.29) is 11.0 Å². The molecule has 0 aliphatic rings. The fourth-order valence-electron chi connectivity index (χ4n) is 1.77. The van der Waals surface area contributed by atoms with Crippen molar-refractivity contribution in [3.63, 3.8) is 0 Å². The van der Waals surface area contributed by atoms with Crippen molar-refractivity contribution in [3.05, 3.63) is 51.1 Å². The zero-order chi connectivity index (χ0) is 15.8. The Morgan fingerprint density at radius 1 is 1.00 bits per heavy atom. The molecule has 1 heterocycles. The highest BCUT2D eigenvalue weighted by molar-refractivity contribution is 6.32. The van der Waals surface area contributed by atoms with Crippen molar-refractivity contribution in [1.29, 1.82) is 0 Å². The van der Waals surface area contributed by atoms with Crippen LogP contribution in [0, 0.1) is 13.8 Å². The van der Waals surface area contributed by atoms with E-state index in [1.165, 1.54) is 0 Å². The molecule has 0 N–H and O–H groups in total. The number of hydrogen-bond acceptors (Lipinski definition) is 2. The van der Waals surface area contributed by atoms with Gasteiger partial charge in [0.05, 0.1) is 5.56 Å². The van der Waals surface area contributed by atoms with Gasteiger partial charge in [-0.05, 0) is 43.2 Å². The molecule has 0 fully saturated rings. The molecule has 0 radical (unpaired) electrons. The van der Waals surface area contributed by atoms with Crippen LogP contribution < -0.4 is 4.74 Å². The molecule has 0 bridgehead atoms. The van der Waals surface area contributed by atoms with Crippen molar-refractivity contribution in [2.75, 3.05) is 0 Å². The lowest BCUT2D eigenvalue weighted by atomic mass is 10.1. The highest BCUT2D eigenvalue weighted by Gasteiger charge is 2.31. The van der Waals surface area contributed by atoms with Gasteiger partial charge in [0, 0.05) is 11.1 Å². The van der Waals surface area contributed by atoms with Gasteiger partial charge < -0.3 is 4.74 Å². The first-order valence-corrected chi connectivity index (χ1v) is 6.62. The van der Waals surface area contributed by atoms with Gasteiger partial charge in [-0.15, -0.1) is 0 Å². The first kappa shape index (κ1) is 15.9. The number of benzene rings is 1. The summed E-state index contributed by atoms with van der Waals surface area (Å²) in [5.74, 6) is 0.119. The lowest BCUT2D eigenvalue weighted by molar-refractivity contribution is -0.137. The van der Waals surface area contributed by atoms with Gasteiger partial charge >= 0.3 is 6.18 Å². The first-order valence-electron chi connectivity index (χ1n) is 5.86. The highest BCUT2D eigenvalue weighted by atomic mass is 35.5. The minimum atomic E-state index is -4.52. The molecule has 112 valence electrons. The zero-order valence-electron chi connectivity index (χ0n) is 11.1. The number of aromatic nitrogens is 1. The molecule has 2 rings (SSSR count). The summed E-state index contributed by atoms with van der Waals surface area (Å²) in [7, 11) is 0. The van der Waals surface area contributed by atoms with E-state index in [0.717, 1.165) is 23.3 Å². The van der Waals surface area contributed by atoms with Gasteiger partial charge in [-0.25, -0.2) is 4.98 Å². The number of nitrogens with zero attached hydrogens (tertiary/aromatic N) is 1. The summed E-state index contributed by atoms with van der Waals surface area (Å²) in [6.07, 6.45) is -4.52. The predicted octanol–water partition coefficient (Wildman–Crippen LogP) is 5.82. The van der Waals surface area contributed by atoms with Crippen molar-refractivity contribution >= 4 is 23.2 Å². The molecule has 0 saturated carbocycles. The number of hydrogen-bond donors (Lipinski definition) is 0. The van der Waals surface area contributed by atoms with Crippen LogP contribution in [-0.2, 0) is 6.18 Å². The van der Waals surface area contributed by atoms with Crippen molar-refractivity contribution in [2.24, 2.45) is 0 Å². The lowest BCUT2D eigenvalue weighted by Gasteiger charge is -2.11. The van der Waals surface area contributed by atoms with Gasteiger partial charge in [0.15, 0.2) is 0 Å². The fraction of sp³-hybridized carbons (Fsp3) is 0.214. The maximum absolute atomic E-state index is 12.7. The molecule has 21 heavy (non-hydrogen) atoms. The van der Waals surface area contributed by atoms with E-state index < -0.39 is 11.7 Å². The van der Waals surface area contributed by atoms with Crippen LogP contribution in [0.3, 0.4) is 0 Å². The summed E-state index contributed by atoms with van der Waals surface area (Å²) in [6.45, 7) is 3.55. The molecule has 2 aromatic rings. The topological polar surface area (TPSA) is 22.1 Å². The molecule has 0 amide bonds. The van der Waals surface area contributed by atoms with Crippen LogP contribution in [0.25, 0.3) is 0 Å². The summed E-state index contributed by atoms with van der Waals surface area (Å²) in [6, 6.07) is 4.77. The first-order chi connectivity index (χ1) is 9.66. The number of aryl methyl sites for hydroxylation is 2. The molecule has 7 heteroatoms. The lowest BCUT2D eigenvalue weighted by Crippen LogP contribution is -2.05. The van der Waals surface area contributed by atoms with Gasteiger partial charge in [-0.1, -0.05) is 23.2 Å². The Hall–Kier alpha value is -1.46. The third-order valence-corrected chi connectivity index (χ3v) is 3.52. The zero-order valence-corrected chi connectivity index (χ0v) is 12.6. The van der Waals surface area contributed by atoms with Crippen molar-refractivity contribution < 1.29 is 17.9 Å². The van der Waals surface area contributed by atoms with Crippen LogP contribution in [-0.4, -0.2) is 4.98 Å². The Labute approximate surface area is 129 Å². The number of ether oxygens (including phenoxy) is 1.